The monoisotopic (exact) mass is 670 g/mol. The van der Waals surface area contributed by atoms with Crippen molar-refractivity contribution in [3.05, 3.63) is 70.1 Å². The molecule has 0 aromatic heterocycles. The van der Waals surface area contributed by atoms with Crippen LogP contribution < -0.4 is 0 Å². The first kappa shape index (κ1) is 25.1. The van der Waals surface area contributed by atoms with E-state index in [2.05, 4.69) is 36.6 Å². The lowest BCUT2D eigenvalue weighted by molar-refractivity contribution is -0.00336. The highest BCUT2D eigenvalue weighted by molar-refractivity contribution is 9.11. The van der Waals surface area contributed by atoms with E-state index in [0.29, 0.717) is 47.3 Å². The molecule has 0 unspecified atom stereocenters. The largest absolute Gasteiger partial charge is 0.361 e. The summed E-state index contributed by atoms with van der Waals surface area (Å²) in [5, 5.41) is 0. The summed E-state index contributed by atoms with van der Waals surface area (Å²) in [4.78, 5) is 4.54. The lowest BCUT2D eigenvalue weighted by Crippen LogP contribution is -2.35. The van der Waals surface area contributed by atoms with Gasteiger partial charge in [-0.25, -0.2) is 0 Å². The van der Waals surface area contributed by atoms with Crippen LogP contribution in [-0.4, -0.2) is 10.5 Å². The van der Waals surface area contributed by atoms with Gasteiger partial charge in [-0.05, 0) is 195 Å². The summed E-state index contributed by atoms with van der Waals surface area (Å²) in [6, 6.07) is 0. The minimum Gasteiger partial charge on any atom is -0.361 e. The van der Waals surface area contributed by atoms with E-state index in [4.69, 9.17) is 0 Å². The Hall–Kier alpha value is -1.22. The number of rotatable bonds is 2. The molecular formula is C37H40Br2N2. The van der Waals surface area contributed by atoms with Gasteiger partial charge < -0.3 is 5.53 Å². The predicted molar refractivity (Wildman–Crippen MR) is 171 cm³/mol. The Labute approximate surface area is 261 Å². The maximum absolute atomic E-state index is 11.4. The zero-order valence-electron chi connectivity index (χ0n) is 24.1. The molecule has 41 heavy (non-hydrogen) atoms. The van der Waals surface area contributed by atoms with Crippen LogP contribution in [-0.2, 0) is 0 Å². The smallest absolute Gasteiger partial charge is 0.330 e. The van der Waals surface area contributed by atoms with Crippen LogP contribution in [0.2, 0.25) is 0 Å². The highest BCUT2D eigenvalue weighted by Gasteiger charge is 2.50. The van der Waals surface area contributed by atoms with Crippen molar-refractivity contribution in [2.75, 3.05) is 0 Å². The van der Waals surface area contributed by atoms with Gasteiger partial charge in [0.15, 0.2) is 0 Å². The average Bonchev–Trinajstić information content (AvgIpc) is 3.05. The SMILES string of the molecule is [N-]=[N+]=C(c1c2c(c(Br)c3c1C1CCC3CC1)C1CCC2CC1)c1c2c(c(Br)c3c1C1CCC3CC1)C1CCC2CC1. The van der Waals surface area contributed by atoms with Gasteiger partial charge in [0.2, 0.25) is 0 Å². The second-order valence-corrected chi connectivity index (χ2v) is 16.9. The fraction of sp³-hybridized carbons (Fsp3) is 0.649. The molecule has 0 amide bonds. The zero-order chi connectivity index (χ0) is 27.1. The van der Waals surface area contributed by atoms with Crippen LogP contribution in [0.3, 0.4) is 0 Å². The van der Waals surface area contributed by atoms with Gasteiger partial charge in [0.1, 0.15) is 0 Å². The first-order valence-electron chi connectivity index (χ1n) is 17.1. The number of nitrogens with zero attached hydrogens (tertiary/aromatic N) is 2. The zero-order valence-corrected chi connectivity index (χ0v) is 27.3. The van der Waals surface area contributed by atoms with E-state index in [9.17, 15) is 5.53 Å². The van der Waals surface area contributed by atoms with Gasteiger partial charge in [0.05, 0.1) is 11.1 Å². The standard InChI is InChI=1S/C37H40Br2N2/c38-35-29-21-9-1-17(2-10-21)25(29)33(26-18-3-11-22(12-4-18)30(26)35)37(41-40)34-27-19-5-13-23(14-6-19)31(27)36(39)32-24-15-7-20(8-16-24)28(32)34/h17-24H,1-16H2. The fourth-order valence-corrected chi connectivity index (χ4v) is 14.5. The van der Waals surface area contributed by atoms with E-state index >= 15 is 0 Å². The quantitative estimate of drug-likeness (QED) is 0.173. The molecule has 0 saturated heterocycles. The van der Waals surface area contributed by atoms with Crippen LogP contribution in [0.15, 0.2) is 8.95 Å². The Morgan fingerprint density at radius 2 is 0.585 bits per heavy atom. The third-order valence-electron chi connectivity index (χ3n) is 13.9. The summed E-state index contributed by atoms with van der Waals surface area (Å²) in [6.07, 6.45) is 21.2. The maximum Gasteiger partial charge on any atom is 0.330 e. The molecule has 14 rings (SSSR count). The van der Waals surface area contributed by atoms with Crippen LogP contribution >= 0.6 is 31.9 Å². The summed E-state index contributed by atoms with van der Waals surface area (Å²) >= 11 is 8.58. The lowest BCUT2D eigenvalue weighted by Gasteiger charge is -2.48. The number of halogens is 2. The lowest BCUT2D eigenvalue weighted by atomic mass is 9.56. The van der Waals surface area contributed by atoms with Crippen molar-refractivity contribution in [3.63, 3.8) is 0 Å². The second kappa shape index (κ2) is 8.92. The Balaban J connectivity index is 1.34. The second-order valence-electron chi connectivity index (χ2n) is 15.3. The minimum absolute atomic E-state index is 0.624. The van der Waals surface area contributed by atoms with Gasteiger partial charge in [0.25, 0.3) is 0 Å². The summed E-state index contributed by atoms with van der Waals surface area (Å²) in [7, 11) is 0. The van der Waals surface area contributed by atoms with Crippen molar-refractivity contribution < 1.29 is 4.79 Å². The number of hydrogen-bond acceptors (Lipinski definition) is 0. The van der Waals surface area contributed by atoms with Gasteiger partial charge in [-0.1, -0.05) is 31.9 Å². The van der Waals surface area contributed by atoms with Gasteiger partial charge in [0, 0.05) is 8.95 Å². The molecule has 0 heterocycles. The highest BCUT2D eigenvalue weighted by Crippen LogP contribution is 2.64. The van der Waals surface area contributed by atoms with E-state index in [-0.39, 0.29) is 0 Å². The Kier molecular flexibility index (Phi) is 5.47. The molecule has 0 aliphatic heterocycles. The Bertz CT molecular complexity index is 1360. The number of hydrogen-bond donors (Lipinski definition) is 0. The average molecular weight is 673 g/mol. The molecule has 4 fully saturated rings. The van der Waals surface area contributed by atoms with Crippen LogP contribution in [0.5, 0.6) is 0 Å². The number of benzene rings is 2. The van der Waals surface area contributed by atoms with E-state index in [0.717, 1.165) is 5.71 Å². The van der Waals surface area contributed by atoms with Crippen molar-refractivity contribution in [1.29, 1.82) is 0 Å². The van der Waals surface area contributed by atoms with Gasteiger partial charge in [-0.2, -0.15) is 4.79 Å². The molecule has 0 atom stereocenters. The number of fused-ring (bicyclic) bond motifs is 8. The molecule has 212 valence electrons. The van der Waals surface area contributed by atoms with Crippen molar-refractivity contribution in [3.8, 4) is 0 Å². The fourth-order valence-electron chi connectivity index (χ4n) is 12.3. The van der Waals surface area contributed by atoms with Crippen LogP contribution in [0.25, 0.3) is 5.53 Å². The van der Waals surface area contributed by atoms with E-state index in [1.807, 2.05) is 0 Å². The molecule has 0 spiro atoms. The molecule has 0 radical (unpaired) electrons. The molecule has 2 aromatic rings. The summed E-state index contributed by atoms with van der Waals surface area (Å²) < 4.78 is 2.95. The molecule has 12 aliphatic rings. The van der Waals surface area contributed by atoms with Crippen molar-refractivity contribution in [2.24, 2.45) is 0 Å². The van der Waals surface area contributed by atoms with Gasteiger partial charge in [-0.15, -0.1) is 0 Å². The molecule has 4 heteroatoms. The molecule has 2 aromatic carbocycles. The summed E-state index contributed by atoms with van der Waals surface area (Å²) in [5.41, 5.74) is 28.3. The van der Waals surface area contributed by atoms with Crippen LogP contribution in [0.4, 0.5) is 0 Å². The molecule has 4 saturated carbocycles. The minimum atomic E-state index is 0.624. The van der Waals surface area contributed by atoms with Crippen LogP contribution in [0.1, 0.15) is 206 Å². The first-order valence-corrected chi connectivity index (χ1v) is 18.7. The Morgan fingerprint density at radius 1 is 0.390 bits per heavy atom. The van der Waals surface area contributed by atoms with E-state index < -0.39 is 0 Å². The Morgan fingerprint density at radius 3 is 0.780 bits per heavy atom. The highest BCUT2D eigenvalue weighted by atomic mass is 79.9. The van der Waals surface area contributed by atoms with Crippen LogP contribution in [0, 0.1) is 0 Å². The van der Waals surface area contributed by atoms with Gasteiger partial charge >= 0.3 is 5.71 Å². The molecule has 2 nitrogen and oxygen atoms in total. The third kappa shape index (κ3) is 3.16. The van der Waals surface area contributed by atoms with E-state index in [1.54, 1.807) is 44.5 Å². The van der Waals surface area contributed by atoms with Crippen molar-refractivity contribution in [1.82, 2.24) is 0 Å². The van der Waals surface area contributed by atoms with Gasteiger partial charge in [-0.3, -0.25) is 0 Å². The maximum atomic E-state index is 11.4. The predicted octanol–water partition coefficient (Wildman–Crippen LogP) is 11.3. The molecule has 8 bridgehead atoms. The molecule has 12 aliphatic carbocycles. The summed E-state index contributed by atoms with van der Waals surface area (Å²) in [6.45, 7) is 0. The molecule has 0 N–H and O–H groups in total. The topological polar surface area (TPSA) is 36.4 Å². The first-order chi connectivity index (χ1) is 20.1. The molecular weight excluding hydrogens is 632 g/mol. The van der Waals surface area contributed by atoms with Crippen molar-refractivity contribution >= 4 is 37.6 Å². The normalized spacial score (nSPS) is 36.4. The van der Waals surface area contributed by atoms with Crippen molar-refractivity contribution in [2.45, 2.75) is 150 Å². The van der Waals surface area contributed by atoms with E-state index in [1.165, 1.54) is 123 Å². The third-order valence-corrected chi connectivity index (χ3v) is 15.6. The summed E-state index contributed by atoms with van der Waals surface area (Å²) in [5.74, 6) is 5.19.